The predicted octanol–water partition coefficient (Wildman–Crippen LogP) is 3.25. The van der Waals surface area contributed by atoms with E-state index in [9.17, 15) is 36.3 Å². The number of rotatable bonds is 3. The van der Waals surface area contributed by atoms with Gasteiger partial charge in [0, 0.05) is 12.6 Å². The van der Waals surface area contributed by atoms with Gasteiger partial charge in [0.25, 0.3) is 0 Å². The van der Waals surface area contributed by atoms with Crippen LogP contribution in [0.5, 0.6) is 0 Å². The third-order valence-electron chi connectivity index (χ3n) is 4.91. The van der Waals surface area contributed by atoms with Crippen LogP contribution >= 0.6 is 11.6 Å². The molecule has 0 aliphatic carbocycles. The fourth-order valence-electron chi connectivity index (χ4n) is 3.10. The Labute approximate surface area is 173 Å². The highest BCUT2D eigenvalue weighted by molar-refractivity contribution is 6.35. The minimum atomic E-state index is -4.72. The first-order valence-corrected chi connectivity index (χ1v) is 9.35. The molecule has 2 rings (SSSR count). The number of nitrogens with zero attached hydrogens (tertiary/aromatic N) is 1. The molecule has 0 radical (unpaired) electrons. The van der Waals surface area contributed by atoms with Crippen molar-refractivity contribution >= 4 is 35.0 Å². The molecule has 0 saturated carbocycles. The molecule has 30 heavy (non-hydrogen) atoms. The van der Waals surface area contributed by atoms with Crippen molar-refractivity contribution in [3.8, 4) is 0 Å². The number of anilines is 1. The van der Waals surface area contributed by atoms with Crippen molar-refractivity contribution in [3.63, 3.8) is 0 Å². The summed E-state index contributed by atoms with van der Waals surface area (Å²) in [4.78, 5) is 37.8. The number of benzene rings is 1. The van der Waals surface area contributed by atoms with Crippen molar-refractivity contribution < 1.29 is 36.3 Å². The fraction of sp³-hybridized carbons (Fsp3) is 0.500. The van der Waals surface area contributed by atoms with Crippen LogP contribution < -0.4 is 10.6 Å². The maximum absolute atomic E-state index is 14.0. The first kappa shape index (κ1) is 23.8. The van der Waals surface area contributed by atoms with Crippen LogP contribution in [0.2, 0.25) is 5.02 Å². The number of alkyl halides is 3. The Hall–Kier alpha value is -2.43. The van der Waals surface area contributed by atoms with Gasteiger partial charge < -0.3 is 15.5 Å². The molecule has 1 aromatic carbocycles. The molecule has 1 heterocycles. The number of carbonyl (C=O) groups excluding carboxylic acids is 3. The average Bonchev–Trinajstić information content (AvgIpc) is 2.67. The van der Waals surface area contributed by atoms with Crippen molar-refractivity contribution in [3.05, 3.63) is 28.8 Å². The van der Waals surface area contributed by atoms with Crippen LogP contribution in [0.25, 0.3) is 0 Å². The lowest BCUT2D eigenvalue weighted by molar-refractivity contribution is -0.163. The van der Waals surface area contributed by atoms with Gasteiger partial charge in [-0.2, -0.15) is 13.2 Å². The number of nitrogens with one attached hydrogen (secondary N) is 2. The molecule has 1 aromatic rings. The summed E-state index contributed by atoms with van der Waals surface area (Å²) < 4.78 is 65.1. The van der Waals surface area contributed by atoms with Crippen LogP contribution in [0.1, 0.15) is 26.7 Å². The number of amides is 3. The number of hydrogen-bond donors (Lipinski definition) is 2. The number of piperidine rings is 1. The lowest BCUT2D eigenvalue weighted by atomic mass is 9.89. The summed E-state index contributed by atoms with van der Waals surface area (Å²) >= 11 is 5.48. The zero-order valence-corrected chi connectivity index (χ0v) is 16.7. The van der Waals surface area contributed by atoms with Gasteiger partial charge in [-0.1, -0.05) is 11.6 Å². The Morgan fingerprint density at radius 3 is 2.47 bits per heavy atom. The predicted molar refractivity (Wildman–Crippen MR) is 97.6 cm³/mol. The third kappa shape index (κ3) is 5.18. The van der Waals surface area contributed by atoms with E-state index in [1.807, 2.05) is 0 Å². The highest BCUT2D eigenvalue weighted by Crippen LogP contribution is 2.29. The maximum Gasteiger partial charge on any atom is 0.408 e. The van der Waals surface area contributed by atoms with Gasteiger partial charge >= 0.3 is 18.0 Å². The van der Waals surface area contributed by atoms with E-state index in [4.69, 9.17) is 11.6 Å². The number of hydrogen-bond acceptors (Lipinski definition) is 3. The molecular formula is C18H19ClF5N3O3. The fourth-order valence-corrected chi connectivity index (χ4v) is 3.26. The van der Waals surface area contributed by atoms with E-state index in [2.05, 4.69) is 5.32 Å². The second kappa shape index (κ2) is 9.15. The van der Waals surface area contributed by atoms with Crippen LogP contribution in [0, 0.1) is 17.6 Å². The van der Waals surface area contributed by atoms with E-state index < -0.39 is 58.6 Å². The molecule has 3 unspecified atom stereocenters. The van der Waals surface area contributed by atoms with Gasteiger partial charge in [-0.25, -0.2) is 8.78 Å². The molecule has 12 heteroatoms. The number of carbonyl (C=O) groups is 3. The second-order valence-electron chi connectivity index (χ2n) is 6.94. The standard InChI is InChI=1S/C18H19ClF5N3O3/c1-8-10(15(28)26-12-6-5-11(20)13(19)14(12)21)4-3-7-27(8)17(30)16(29)25-9(2)18(22,23)24/h5-6,8-10H,3-4,7H2,1-2H3,(H,25,29)(H,26,28). The van der Waals surface area contributed by atoms with Crippen LogP contribution in [0.4, 0.5) is 27.6 Å². The lowest BCUT2D eigenvalue weighted by Crippen LogP contribution is -2.56. The van der Waals surface area contributed by atoms with Gasteiger partial charge in [0.05, 0.1) is 11.6 Å². The van der Waals surface area contributed by atoms with E-state index in [-0.39, 0.29) is 18.7 Å². The summed E-state index contributed by atoms with van der Waals surface area (Å²) in [7, 11) is 0. The van der Waals surface area contributed by atoms with Crippen LogP contribution in [0.3, 0.4) is 0 Å². The van der Waals surface area contributed by atoms with E-state index in [1.165, 1.54) is 6.92 Å². The molecule has 1 aliphatic rings. The van der Waals surface area contributed by atoms with Gasteiger partial charge in [-0.05, 0) is 38.8 Å². The molecule has 0 spiro atoms. The lowest BCUT2D eigenvalue weighted by Gasteiger charge is -2.38. The minimum absolute atomic E-state index is 0.0638. The molecule has 2 N–H and O–H groups in total. The molecule has 3 atom stereocenters. The summed E-state index contributed by atoms with van der Waals surface area (Å²) in [5.74, 6) is -6.39. The van der Waals surface area contributed by atoms with Gasteiger partial charge in [0.15, 0.2) is 5.82 Å². The van der Waals surface area contributed by atoms with Crippen molar-refractivity contribution in [2.75, 3.05) is 11.9 Å². The van der Waals surface area contributed by atoms with E-state index >= 15 is 0 Å². The second-order valence-corrected chi connectivity index (χ2v) is 7.31. The first-order chi connectivity index (χ1) is 13.8. The Balaban J connectivity index is 2.10. The topological polar surface area (TPSA) is 78.5 Å². The summed E-state index contributed by atoms with van der Waals surface area (Å²) in [5, 5.41) is 3.06. The Kier molecular flexibility index (Phi) is 7.27. The van der Waals surface area contributed by atoms with Gasteiger partial charge in [-0.3, -0.25) is 14.4 Å². The Morgan fingerprint density at radius 1 is 1.23 bits per heavy atom. The van der Waals surface area contributed by atoms with Gasteiger partial charge in [-0.15, -0.1) is 0 Å². The Bertz CT molecular complexity index is 849. The summed E-state index contributed by atoms with van der Waals surface area (Å²) in [6.07, 6.45) is -4.14. The minimum Gasteiger partial charge on any atom is -0.336 e. The zero-order valence-electron chi connectivity index (χ0n) is 15.9. The summed E-state index contributed by atoms with van der Waals surface area (Å²) in [5.41, 5.74) is -0.362. The Morgan fingerprint density at radius 2 is 1.87 bits per heavy atom. The van der Waals surface area contributed by atoms with Crippen LogP contribution in [-0.2, 0) is 14.4 Å². The largest absolute Gasteiger partial charge is 0.408 e. The zero-order chi connectivity index (χ0) is 22.8. The maximum atomic E-state index is 14.0. The van der Waals surface area contributed by atoms with Crippen LogP contribution in [-0.4, -0.2) is 47.4 Å². The molecule has 1 fully saturated rings. The number of likely N-dealkylation sites (tertiary alicyclic amines) is 1. The SMILES string of the molecule is CC1C(C(=O)Nc2ccc(F)c(Cl)c2F)CCCN1C(=O)C(=O)NC(C)C(F)(F)F. The molecule has 166 valence electrons. The molecular weight excluding hydrogens is 437 g/mol. The van der Waals surface area contributed by atoms with E-state index in [0.717, 1.165) is 17.0 Å². The van der Waals surface area contributed by atoms with Gasteiger partial charge in [0.1, 0.15) is 16.9 Å². The summed E-state index contributed by atoms with van der Waals surface area (Å²) in [6.45, 7) is 2.22. The van der Waals surface area contributed by atoms with Crippen molar-refractivity contribution in [2.45, 2.75) is 44.9 Å². The monoisotopic (exact) mass is 455 g/mol. The van der Waals surface area contributed by atoms with E-state index in [0.29, 0.717) is 13.3 Å². The third-order valence-corrected chi connectivity index (χ3v) is 5.26. The first-order valence-electron chi connectivity index (χ1n) is 8.97. The molecule has 3 amide bonds. The van der Waals surface area contributed by atoms with Gasteiger partial charge in [0.2, 0.25) is 5.91 Å². The molecule has 0 bridgehead atoms. The molecule has 1 aliphatic heterocycles. The molecule has 1 saturated heterocycles. The normalized spacial score (nSPS) is 20.5. The number of halogens is 6. The summed E-state index contributed by atoms with van der Waals surface area (Å²) in [6, 6.07) is -1.22. The van der Waals surface area contributed by atoms with Crippen molar-refractivity contribution in [2.24, 2.45) is 5.92 Å². The quantitative estimate of drug-likeness (QED) is 0.417. The molecule has 6 nitrogen and oxygen atoms in total. The average molecular weight is 456 g/mol. The van der Waals surface area contributed by atoms with Crippen molar-refractivity contribution in [1.29, 1.82) is 0 Å². The highest BCUT2D eigenvalue weighted by atomic mass is 35.5. The van der Waals surface area contributed by atoms with E-state index in [1.54, 1.807) is 5.32 Å². The van der Waals surface area contributed by atoms with Crippen molar-refractivity contribution in [1.82, 2.24) is 10.2 Å². The highest BCUT2D eigenvalue weighted by Gasteiger charge is 2.41. The smallest absolute Gasteiger partial charge is 0.336 e. The van der Waals surface area contributed by atoms with Crippen LogP contribution in [0.15, 0.2) is 12.1 Å². The molecule has 0 aromatic heterocycles.